The fraction of sp³-hybridized carbons (Fsp3) is 0.154. The average molecular weight is 283 g/mol. The van der Waals surface area contributed by atoms with Crippen LogP contribution in [-0.2, 0) is 6.54 Å². The molecule has 0 unspecified atom stereocenters. The summed E-state index contributed by atoms with van der Waals surface area (Å²) in [5.41, 5.74) is 1.27. The Morgan fingerprint density at radius 1 is 1.32 bits per heavy atom. The topological polar surface area (TPSA) is 49.3 Å². The van der Waals surface area contributed by atoms with Crippen molar-refractivity contribution in [2.24, 2.45) is 0 Å². The second kappa shape index (κ2) is 5.36. The molecule has 0 amide bonds. The number of anilines is 1. The Morgan fingerprint density at radius 3 is 2.63 bits per heavy atom. The van der Waals surface area contributed by atoms with Crippen LogP contribution in [0.3, 0.4) is 0 Å². The molecule has 0 bridgehead atoms. The summed E-state index contributed by atoms with van der Waals surface area (Å²) < 4.78 is 25.8. The molecule has 2 aromatic rings. The van der Waals surface area contributed by atoms with Gasteiger partial charge in [0.05, 0.1) is 0 Å². The summed E-state index contributed by atoms with van der Waals surface area (Å²) in [7, 11) is 0. The number of carboxylic acid groups (broad SMARTS) is 1. The van der Waals surface area contributed by atoms with E-state index in [4.69, 9.17) is 5.11 Å². The summed E-state index contributed by atoms with van der Waals surface area (Å²) in [5, 5.41) is 11.8. The van der Waals surface area contributed by atoms with Crippen LogP contribution in [0.15, 0.2) is 24.3 Å². The van der Waals surface area contributed by atoms with E-state index in [1.807, 2.05) is 6.92 Å². The van der Waals surface area contributed by atoms with Gasteiger partial charge in [-0.15, -0.1) is 11.3 Å². The second-order valence-electron chi connectivity index (χ2n) is 3.98. The van der Waals surface area contributed by atoms with Crippen molar-refractivity contribution in [2.75, 3.05) is 5.32 Å². The fourth-order valence-electron chi connectivity index (χ4n) is 1.60. The first-order valence-electron chi connectivity index (χ1n) is 5.49. The van der Waals surface area contributed by atoms with Crippen LogP contribution in [0, 0.1) is 18.6 Å². The smallest absolute Gasteiger partial charge is 0.345 e. The predicted molar refractivity (Wildman–Crippen MR) is 69.7 cm³/mol. The normalized spacial score (nSPS) is 10.5. The lowest BCUT2D eigenvalue weighted by molar-refractivity contribution is 0.0702. The van der Waals surface area contributed by atoms with Gasteiger partial charge in [-0.25, -0.2) is 13.6 Å². The highest BCUT2D eigenvalue weighted by atomic mass is 32.1. The van der Waals surface area contributed by atoms with E-state index in [-0.39, 0.29) is 4.88 Å². The summed E-state index contributed by atoms with van der Waals surface area (Å²) in [6.45, 7) is 2.18. The van der Waals surface area contributed by atoms with E-state index in [1.165, 1.54) is 17.4 Å². The summed E-state index contributed by atoms with van der Waals surface area (Å²) in [5.74, 6) is -2.78. The molecule has 0 aliphatic heterocycles. The number of hydrogen-bond donors (Lipinski definition) is 2. The molecule has 1 aromatic heterocycles. The number of hydrogen-bond acceptors (Lipinski definition) is 3. The minimum atomic E-state index is -0.966. The third kappa shape index (κ3) is 3.08. The molecular formula is C13H11F2NO2S. The highest BCUT2D eigenvalue weighted by Crippen LogP contribution is 2.23. The zero-order chi connectivity index (χ0) is 14.0. The Labute approximate surface area is 112 Å². The van der Waals surface area contributed by atoms with E-state index in [9.17, 15) is 13.6 Å². The number of aromatic carboxylic acids is 1. The molecule has 6 heteroatoms. The molecule has 0 radical (unpaired) electrons. The van der Waals surface area contributed by atoms with Gasteiger partial charge in [-0.2, -0.15) is 0 Å². The van der Waals surface area contributed by atoms with Gasteiger partial charge in [-0.1, -0.05) is 0 Å². The number of carboxylic acids is 1. The van der Waals surface area contributed by atoms with Crippen molar-refractivity contribution >= 4 is 23.0 Å². The molecule has 0 atom stereocenters. The first kappa shape index (κ1) is 13.5. The number of nitrogens with one attached hydrogen (secondary N) is 1. The Bertz CT molecular complexity index is 625. The van der Waals surface area contributed by atoms with Gasteiger partial charge in [-0.3, -0.25) is 0 Å². The fourth-order valence-corrected chi connectivity index (χ4v) is 2.48. The van der Waals surface area contributed by atoms with Crippen LogP contribution in [0.2, 0.25) is 0 Å². The molecule has 2 rings (SSSR count). The Morgan fingerprint density at radius 2 is 2.05 bits per heavy atom. The van der Waals surface area contributed by atoms with Crippen molar-refractivity contribution in [3.8, 4) is 0 Å². The number of rotatable bonds is 4. The van der Waals surface area contributed by atoms with Crippen molar-refractivity contribution in [1.29, 1.82) is 0 Å². The molecule has 0 saturated heterocycles. The van der Waals surface area contributed by atoms with Gasteiger partial charge in [-0.05, 0) is 30.7 Å². The van der Waals surface area contributed by atoms with Gasteiger partial charge < -0.3 is 10.4 Å². The Kier molecular flexibility index (Phi) is 3.80. The zero-order valence-electron chi connectivity index (χ0n) is 10.0. The minimum absolute atomic E-state index is 0.264. The second-order valence-corrected chi connectivity index (χ2v) is 5.24. The third-order valence-corrected chi connectivity index (χ3v) is 3.71. The molecule has 1 aromatic carbocycles. The summed E-state index contributed by atoms with van der Waals surface area (Å²) >= 11 is 1.19. The third-order valence-electron chi connectivity index (χ3n) is 2.63. The number of benzene rings is 1. The maximum Gasteiger partial charge on any atom is 0.345 e. The van der Waals surface area contributed by atoms with E-state index in [0.717, 1.165) is 22.6 Å². The number of thiophene rings is 1. The summed E-state index contributed by atoms with van der Waals surface area (Å²) in [4.78, 5) is 12.0. The highest BCUT2D eigenvalue weighted by Gasteiger charge is 2.11. The Hall–Kier alpha value is -1.95. The lowest BCUT2D eigenvalue weighted by atomic mass is 10.2. The average Bonchev–Trinajstić information content (AvgIpc) is 2.73. The highest BCUT2D eigenvalue weighted by molar-refractivity contribution is 7.14. The standard InChI is InChI=1S/C13H11F2NO2S/c1-7-8(4-12(19-7)13(17)18)6-16-9-2-3-10(14)11(15)5-9/h2-5,16H,6H2,1H3,(H,17,18). The molecule has 3 nitrogen and oxygen atoms in total. The Balaban J connectivity index is 2.09. The van der Waals surface area contributed by atoms with Crippen molar-refractivity contribution in [2.45, 2.75) is 13.5 Å². The first-order valence-corrected chi connectivity index (χ1v) is 6.30. The first-order chi connectivity index (χ1) is 8.97. The van der Waals surface area contributed by atoms with Gasteiger partial charge in [0.1, 0.15) is 4.88 Å². The molecule has 2 N–H and O–H groups in total. The largest absolute Gasteiger partial charge is 0.477 e. The number of carbonyl (C=O) groups is 1. The van der Waals surface area contributed by atoms with Crippen molar-refractivity contribution < 1.29 is 18.7 Å². The monoisotopic (exact) mass is 283 g/mol. The summed E-state index contributed by atoms with van der Waals surface area (Å²) in [6.07, 6.45) is 0. The van der Waals surface area contributed by atoms with Gasteiger partial charge in [0, 0.05) is 23.2 Å². The molecule has 0 fully saturated rings. The van der Waals surface area contributed by atoms with Gasteiger partial charge in [0.15, 0.2) is 11.6 Å². The van der Waals surface area contributed by atoms with E-state index < -0.39 is 17.6 Å². The van der Waals surface area contributed by atoms with E-state index in [2.05, 4.69) is 5.32 Å². The molecule has 1 heterocycles. The van der Waals surface area contributed by atoms with E-state index in [1.54, 1.807) is 6.07 Å². The lowest BCUT2D eigenvalue weighted by Gasteiger charge is -2.06. The van der Waals surface area contributed by atoms with Crippen LogP contribution in [-0.4, -0.2) is 11.1 Å². The molecule has 0 saturated carbocycles. The van der Waals surface area contributed by atoms with Crippen LogP contribution < -0.4 is 5.32 Å². The molecule has 100 valence electrons. The minimum Gasteiger partial charge on any atom is -0.477 e. The molecule has 0 aliphatic carbocycles. The molecular weight excluding hydrogens is 272 g/mol. The van der Waals surface area contributed by atoms with Crippen LogP contribution >= 0.6 is 11.3 Å². The summed E-state index contributed by atoms with van der Waals surface area (Å²) in [6, 6.07) is 5.11. The van der Waals surface area contributed by atoms with E-state index >= 15 is 0 Å². The van der Waals surface area contributed by atoms with Crippen molar-refractivity contribution in [3.05, 3.63) is 51.2 Å². The SMILES string of the molecule is Cc1sc(C(=O)O)cc1CNc1ccc(F)c(F)c1. The van der Waals surface area contributed by atoms with Crippen molar-refractivity contribution in [3.63, 3.8) is 0 Å². The quantitative estimate of drug-likeness (QED) is 0.900. The van der Waals surface area contributed by atoms with Gasteiger partial charge >= 0.3 is 5.97 Å². The van der Waals surface area contributed by atoms with Crippen LogP contribution in [0.1, 0.15) is 20.1 Å². The zero-order valence-corrected chi connectivity index (χ0v) is 10.9. The predicted octanol–water partition coefficient (Wildman–Crippen LogP) is 3.65. The maximum atomic E-state index is 13.0. The van der Waals surface area contributed by atoms with Crippen LogP contribution in [0.4, 0.5) is 14.5 Å². The van der Waals surface area contributed by atoms with Crippen LogP contribution in [0.5, 0.6) is 0 Å². The van der Waals surface area contributed by atoms with Crippen LogP contribution in [0.25, 0.3) is 0 Å². The van der Waals surface area contributed by atoms with Gasteiger partial charge in [0.2, 0.25) is 0 Å². The molecule has 0 spiro atoms. The van der Waals surface area contributed by atoms with Gasteiger partial charge in [0.25, 0.3) is 0 Å². The lowest BCUT2D eigenvalue weighted by Crippen LogP contribution is -2.00. The number of aryl methyl sites for hydroxylation is 1. The maximum absolute atomic E-state index is 13.0. The molecule has 19 heavy (non-hydrogen) atoms. The number of halogens is 2. The van der Waals surface area contributed by atoms with Crippen molar-refractivity contribution in [1.82, 2.24) is 0 Å². The molecule has 0 aliphatic rings. The van der Waals surface area contributed by atoms with E-state index in [0.29, 0.717) is 12.2 Å².